The van der Waals surface area contributed by atoms with E-state index in [0.717, 1.165) is 23.9 Å². The lowest BCUT2D eigenvalue weighted by Gasteiger charge is -2.05. The van der Waals surface area contributed by atoms with Gasteiger partial charge in [0.25, 0.3) is 0 Å². The lowest BCUT2D eigenvalue weighted by Crippen LogP contribution is -2.15. The molecule has 0 aromatic heterocycles. The zero-order chi connectivity index (χ0) is 13.5. The molecule has 0 saturated carbocycles. The first-order valence-corrected chi connectivity index (χ1v) is 6.19. The number of thioether (sulfide) groups is 1. The van der Waals surface area contributed by atoms with E-state index in [2.05, 4.69) is 5.32 Å². The van der Waals surface area contributed by atoms with Crippen molar-refractivity contribution in [3.8, 4) is 0 Å². The van der Waals surface area contributed by atoms with Crippen molar-refractivity contribution in [2.24, 2.45) is 0 Å². The number of rotatable bonds is 6. The van der Waals surface area contributed by atoms with Gasteiger partial charge in [-0.05, 0) is 12.1 Å². The Balaban J connectivity index is 2.35. The van der Waals surface area contributed by atoms with E-state index < -0.39 is 23.5 Å². The number of anilines is 1. The summed E-state index contributed by atoms with van der Waals surface area (Å²) < 4.78 is 25.4. The van der Waals surface area contributed by atoms with Gasteiger partial charge in [-0.1, -0.05) is 0 Å². The molecule has 1 amide bonds. The molecule has 1 aromatic carbocycles. The van der Waals surface area contributed by atoms with E-state index in [0.29, 0.717) is 5.75 Å². The first kappa shape index (κ1) is 14.4. The molecule has 2 N–H and O–H groups in total. The van der Waals surface area contributed by atoms with Crippen LogP contribution >= 0.6 is 11.8 Å². The standard InChI is InChI=1S/C11H11F2NO3S/c12-8-2-1-7(5-9(8)13)14-10(15)6-18-4-3-11(16)17/h1-2,5H,3-4,6H2,(H,14,15)(H,16,17). The molecule has 0 bridgehead atoms. The van der Waals surface area contributed by atoms with Crippen LogP contribution in [-0.2, 0) is 9.59 Å². The largest absolute Gasteiger partial charge is 0.481 e. The lowest BCUT2D eigenvalue weighted by molar-refractivity contribution is -0.136. The Morgan fingerprint density at radius 2 is 2.00 bits per heavy atom. The number of hydrogen-bond acceptors (Lipinski definition) is 3. The fraction of sp³-hybridized carbons (Fsp3) is 0.273. The summed E-state index contributed by atoms with van der Waals surface area (Å²) in [6.07, 6.45) is -0.0247. The molecule has 1 aromatic rings. The van der Waals surface area contributed by atoms with E-state index >= 15 is 0 Å². The number of carboxylic acid groups (broad SMARTS) is 1. The summed E-state index contributed by atoms with van der Waals surface area (Å²) in [7, 11) is 0. The number of aliphatic carboxylic acids is 1. The summed E-state index contributed by atoms with van der Waals surface area (Å²) in [5.41, 5.74) is 0.165. The average Bonchev–Trinajstić information content (AvgIpc) is 2.29. The van der Waals surface area contributed by atoms with Crippen LogP contribution in [0.15, 0.2) is 18.2 Å². The molecule has 18 heavy (non-hydrogen) atoms. The van der Waals surface area contributed by atoms with Gasteiger partial charge in [0.15, 0.2) is 11.6 Å². The number of carbonyl (C=O) groups is 2. The maximum atomic E-state index is 12.8. The second kappa shape index (κ2) is 6.95. The lowest BCUT2D eigenvalue weighted by atomic mass is 10.3. The van der Waals surface area contributed by atoms with Gasteiger partial charge in [0.05, 0.1) is 12.2 Å². The maximum absolute atomic E-state index is 12.8. The first-order chi connectivity index (χ1) is 8.49. The Morgan fingerprint density at radius 3 is 2.61 bits per heavy atom. The van der Waals surface area contributed by atoms with Gasteiger partial charge in [-0.2, -0.15) is 11.8 Å². The normalized spacial score (nSPS) is 10.1. The van der Waals surface area contributed by atoms with Gasteiger partial charge in [-0.3, -0.25) is 9.59 Å². The van der Waals surface area contributed by atoms with Gasteiger partial charge in [-0.25, -0.2) is 8.78 Å². The topological polar surface area (TPSA) is 66.4 Å². The van der Waals surface area contributed by atoms with Gasteiger partial charge in [0.2, 0.25) is 5.91 Å². The van der Waals surface area contributed by atoms with E-state index in [1.54, 1.807) is 0 Å². The van der Waals surface area contributed by atoms with E-state index in [-0.39, 0.29) is 17.9 Å². The monoisotopic (exact) mass is 275 g/mol. The molecule has 0 aliphatic heterocycles. The highest BCUT2D eigenvalue weighted by Gasteiger charge is 2.06. The number of benzene rings is 1. The van der Waals surface area contributed by atoms with Crippen LogP contribution in [0.3, 0.4) is 0 Å². The molecule has 0 atom stereocenters. The van der Waals surface area contributed by atoms with Crippen molar-refractivity contribution in [2.75, 3.05) is 16.8 Å². The third-order valence-electron chi connectivity index (χ3n) is 1.90. The minimum atomic E-state index is -1.04. The van der Waals surface area contributed by atoms with Crippen molar-refractivity contribution in [3.63, 3.8) is 0 Å². The van der Waals surface area contributed by atoms with Crippen LogP contribution in [0, 0.1) is 11.6 Å². The molecule has 1 rings (SSSR count). The molecule has 0 saturated heterocycles. The Bertz CT molecular complexity index is 454. The number of carbonyl (C=O) groups excluding carboxylic acids is 1. The van der Waals surface area contributed by atoms with Gasteiger partial charge >= 0.3 is 5.97 Å². The van der Waals surface area contributed by atoms with Gasteiger partial charge in [0, 0.05) is 17.5 Å². The predicted octanol–water partition coefficient (Wildman–Crippen LogP) is 2.11. The van der Waals surface area contributed by atoms with Crippen molar-refractivity contribution in [2.45, 2.75) is 6.42 Å². The van der Waals surface area contributed by atoms with Crippen LogP contribution in [0.2, 0.25) is 0 Å². The summed E-state index contributed by atoms with van der Waals surface area (Å²) in [4.78, 5) is 21.6. The molecule has 0 heterocycles. The molecular formula is C11H11F2NO3S. The SMILES string of the molecule is O=C(O)CCSCC(=O)Nc1ccc(F)c(F)c1. The van der Waals surface area contributed by atoms with Crippen LogP contribution < -0.4 is 5.32 Å². The fourth-order valence-electron chi connectivity index (χ4n) is 1.10. The molecule has 0 aliphatic carbocycles. The van der Waals surface area contributed by atoms with Gasteiger partial charge in [-0.15, -0.1) is 0 Å². The molecule has 0 aliphatic rings. The second-order valence-electron chi connectivity index (χ2n) is 3.37. The molecule has 7 heteroatoms. The third kappa shape index (κ3) is 5.13. The average molecular weight is 275 g/mol. The summed E-state index contributed by atoms with van der Waals surface area (Å²) in [6, 6.07) is 3.05. The molecule has 0 unspecified atom stereocenters. The molecule has 4 nitrogen and oxygen atoms in total. The summed E-state index contributed by atoms with van der Waals surface area (Å²) >= 11 is 1.16. The van der Waals surface area contributed by atoms with Crippen LogP contribution in [-0.4, -0.2) is 28.5 Å². The van der Waals surface area contributed by atoms with Crippen LogP contribution in [0.5, 0.6) is 0 Å². The fourth-order valence-corrected chi connectivity index (χ4v) is 1.82. The highest BCUT2D eigenvalue weighted by Crippen LogP contribution is 2.13. The highest BCUT2D eigenvalue weighted by atomic mass is 32.2. The smallest absolute Gasteiger partial charge is 0.304 e. The molecular weight excluding hydrogens is 264 g/mol. The van der Waals surface area contributed by atoms with Crippen LogP contribution in [0.1, 0.15) is 6.42 Å². The van der Waals surface area contributed by atoms with Crippen molar-refractivity contribution in [1.82, 2.24) is 0 Å². The Morgan fingerprint density at radius 1 is 1.28 bits per heavy atom. The summed E-state index contributed by atoms with van der Waals surface area (Å²) in [6.45, 7) is 0. The number of carboxylic acids is 1. The predicted molar refractivity (Wildman–Crippen MR) is 64.6 cm³/mol. The van der Waals surface area contributed by atoms with Crippen molar-refractivity contribution in [1.29, 1.82) is 0 Å². The number of hydrogen-bond donors (Lipinski definition) is 2. The Kier molecular flexibility index (Phi) is 5.57. The summed E-state index contributed by atoms with van der Waals surface area (Å²) in [5, 5.41) is 10.8. The minimum absolute atomic E-state index is 0.0247. The zero-order valence-electron chi connectivity index (χ0n) is 9.28. The minimum Gasteiger partial charge on any atom is -0.481 e. The van der Waals surface area contributed by atoms with Gasteiger partial charge < -0.3 is 10.4 Å². The molecule has 98 valence electrons. The van der Waals surface area contributed by atoms with E-state index in [1.807, 2.05) is 0 Å². The van der Waals surface area contributed by atoms with E-state index in [1.165, 1.54) is 6.07 Å². The number of amides is 1. The number of nitrogens with one attached hydrogen (secondary N) is 1. The Labute approximate surface area is 106 Å². The van der Waals surface area contributed by atoms with Gasteiger partial charge in [0.1, 0.15) is 0 Å². The van der Waals surface area contributed by atoms with Crippen molar-refractivity contribution >= 4 is 29.3 Å². The van der Waals surface area contributed by atoms with E-state index in [4.69, 9.17) is 5.11 Å². The molecule has 0 spiro atoms. The third-order valence-corrected chi connectivity index (χ3v) is 2.86. The zero-order valence-corrected chi connectivity index (χ0v) is 10.1. The first-order valence-electron chi connectivity index (χ1n) is 5.03. The van der Waals surface area contributed by atoms with E-state index in [9.17, 15) is 18.4 Å². The maximum Gasteiger partial charge on any atom is 0.304 e. The molecule has 0 radical (unpaired) electrons. The quantitative estimate of drug-likeness (QED) is 0.780. The second-order valence-corrected chi connectivity index (χ2v) is 4.48. The number of halogens is 2. The Hall–Kier alpha value is -1.63. The van der Waals surface area contributed by atoms with Crippen LogP contribution in [0.25, 0.3) is 0 Å². The molecule has 0 fully saturated rings. The highest BCUT2D eigenvalue weighted by molar-refractivity contribution is 7.99. The summed E-state index contributed by atoms with van der Waals surface area (Å²) in [5.74, 6) is -2.96. The van der Waals surface area contributed by atoms with Crippen molar-refractivity contribution in [3.05, 3.63) is 29.8 Å². The van der Waals surface area contributed by atoms with Crippen molar-refractivity contribution < 1.29 is 23.5 Å². The van der Waals surface area contributed by atoms with Crippen LogP contribution in [0.4, 0.5) is 14.5 Å².